The fourth-order valence-electron chi connectivity index (χ4n) is 1.28. The average molecular weight is 228 g/mol. The minimum absolute atomic E-state index is 0.000310. The van der Waals surface area contributed by atoms with Crippen LogP contribution in [0.4, 0.5) is 0 Å². The molecule has 3 heteroatoms. The number of carbonyl (C=O) groups excluding carboxylic acids is 1. The summed E-state index contributed by atoms with van der Waals surface area (Å²) in [6.07, 6.45) is 2.66. The second-order valence-corrected chi connectivity index (χ2v) is 6.56. The second-order valence-electron chi connectivity index (χ2n) is 6.56. The quantitative estimate of drug-likeness (QED) is 0.733. The molecule has 0 aliphatic carbocycles. The fraction of sp³-hybridized carbons (Fsp3) is 0.923. The van der Waals surface area contributed by atoms with Crippen molar-refractivity contribution in [2.45, 2.75) is 53.9 Å². The van der Waals surface area contributed by atoms with Crippen LogP contribution in [0.15, 0.2) is 0 Å². The summed E-state index contributed by atoms with van der Waals surface area (Å²) < 4.78 is 0. The molecule has 0 aliphatic rings. The summed E-state index contributed by atoms with van der Waals surface area (Å²) in [5, 5.41) is 2.94. The maximum atomic E-state index is 11.5. The van der Waals surface area contributed by atoms with E-state index in [0.29, 0.717) is 24.9 Å². The van der Waals surface area contributed by atoms with Gasteiger partial charge in [-0.05, 0) is 30.2 Å². The van der Waals surface area contributed by atoms with Gasteiger partial charge in [-0.3, -0.25) is 4.79 Å². The smallest absolute Gasteiger partial charge is 0.220 e. The molecule has 0 aromatic carbocycles. The molecule has 1 amide bonds. The van der Waals surface area contributed by atoms with Crippen LogP contribution in [0.1, 0.15) is 53.9 Å². The van der Waals surface area contributed by atoms with Crippen molar-refractivity contribution in [3.63, 3.8) is 0 Å². The van der Waals surface area contributed by atoms with Crippen LogP contribution < -0.4 is 11.1 Å². The third kappa shape index (κ3) is 8.72. The van der Waals surface area contributed by atoms with Crippen molar-refractivity contribution >= 4 is 5.91 Å². The minimum Gasteiger partial charge on any atom is -0.356 e. The third-order valence-corrected chi connectivity index (χ3v) is 2.65. The maximum Gasteiger partial charge on any atom is 0.220 e. The average Bonchev–Trinajstić information content (AvgIpc) is 2.13. The standard InChI is InChI=1S/C13H28N2O/c1-12(2,3)8-6-7-11(16)15-10-13(4,5)9-14/h6-10,14H2,1-5H3,(H,15,16). The largest absolute Gasteiger partial charge is 0.356 e. The molecule has 0 saturated carbocycles. The van der Waals surface area contributed by atoms with Crippen molar-refractivity contribution in [2.24, 2.45) is 16.6 Å². The summed E-state index contributed by atoms with van der Waals surface area (Å²) >= 11 is 0. The van der Waals surface area contributed by atoms with Crippen LogP contribution in [0, 0.1) is 10.8 Å². The van der Waals surface area contributed by atoms with E-state index in [2.05, 4.69) is 39.9 Å². The van der Waals surface area contributed by atoms with Crippen LogP contribution in [0.25, 0.3) is 0 Å². The summed E-state index contributed by atoms with van der Waals surface area (Å²) in [5.41, 5.74) is 5.91. The Morgan fingerprint density at radius 2 is 1.75 bits per heavy atom. The lowest BCUT2D eigenvalue weighted by Crippen LogP contribution is -2.38. The Morgan fingerprint density at radius 1 is 1.19 bits per heavy atom. The van der Waals surface area contributed by atoms with Gasteiger partial charge in [0.25, 0.3) is 0 Å². The summed E-state index contributed by atoms with van der Waals surface area (Å²) in [6.45, 7) is 12.0. The van der Waals surface area contributed by atoms with E-state index >= 15 is 0 Å². The highest BCUT2D eigenvalue weighted by Crippen LogP contribution is 2.21. The number of hydrogen-bond donors (Lipinski definition) is 2. The molecule has 0 fully saturated rings. The highest BCUT2D eigenvalue weighted by atomic mass is 16.1. The van der Waals surface area contributed by atoms with Crippen LogP contribution in [0.2, 0.25) is 0 Å². The molecule has 3 N–H and O–H groups in total. The first-order chi connectivity index (χ1) is 7.16. The first-order valence-electron chi connectivity index (χ1n) is 6.13. The van der Waals surface area contributed by atoms with E-state index in [9.17, 15) is 4.79 Å². The lowest BCUT2D eigenvalue weighted by molar-refractivity contribution is -0.121. The van der Waals surface area contributed by atoms with Gasteiger partial charge in [0.05, 0.1) is 0 Å². The predicted molar refractivity (Wildman–Crippen MR) is 69.2 cm³/mol. The molecular weight excluding hydrogens is 200 g/mol. The van der Waals surface area contributed by atoms with E-state index < -0.39 is 0 Å². The van der Waals surface area contributed by atoms with Gasteiger partial charge in [-0.2, -0.15) is 0 Å². The zero-order valence-electron chi connectivity index (χ0n) is 11.5. The topological polar surface area (TPSA) is 55.1 Å². The number of rotatable bonds is 6. The van der Waals surface area contributed by atoms with Gasteiger partial charge in [0.2, 0.25) is 5.91 Å². The van der Waals surface area contributed by atoms with Crippen LogP contribution >= 0.6 is 0 Å². The normalized spacial score (nSPS) is 12.6. The van der Waals surface area contributed by atoms with Crippen LogP contribution in [-0.2, 0) is 4.79 Å². The van der Waals surface area contributed by atoms with Gasteiger partial charge in [-0.25, -0.2) is 0 Å². The van der Waals surface area contributed by atoms with E-state index in [1.54, 1.807) is 0 Å². The van der Waals surface area contributed by atoms with Crippen molar-refractivity contribution in [1.29, 1.82) is 0 Å². The molecule has 0 spiro atoms. The summed E-state index contributed by atoms with van der Waals surface area (Å²) in [7, 11) is 0. The zero-order valence-corrected chi connectivity index (χ0v) is 11.5. The monoisotopic (exact) mass is 228 g/mol. The Balaban J connectivity index is 3.68. The molecule has 0 aromatic rings. The Bertz CT molecular complexity index is 216. The van der Waals surface area contributed by atoms with Crippen molar-refractivity contribution in [3.05, 3.63) is 0 Å². The van der Waals surface area contributed by atoms with Crippen LogP contribution in [0.5, 0.6) is 0 Å². The maximum absolute atomic E-state index is 11.5. The van der Waals surface area contributed by atoms with E-state index in [1.165, 1.54) is 0 Å². The Kier molecular flexibility index (Phi) is 6.01. The molecule has 0 atom stereocenters. The van der Waals surface area contributed by atoms with Crippen molar-refractivity contribution in [3.8, 4) is 0 Å². The highest BCUT2D eigenvalue weighted by molar-refractivity contribution is 5.75. The number of nitrogens with two attached hydrogens (primary N) is 1. The zero-order chi connectivity index (χ0) is 12.8. The van der Waals surface area contributed by atoms with Gasteiger partial charge >= 0.3 is 0 Å². The van der Waals surface area contributed by atoms with Gasteiger partial charge in [0, 0.05) is 13.0 Å². The van der Waals surface area contributed by atoms with Crippen molar-refractivity contribution < 1.29 is 4.79 Å². The highest BCUT2D eigenvalue weighted by Gasteiger charge is 2.17. The third-order valence-electron chi connectivity index (χ3n) is 2.65. The van der Waals surface area contributed by atoms with E-state index in [0.717, 1.165) is 12.8 Å². The van der Waals surface area contributed by atoms with E-state index in [-0.39, 0.29) is 11.3 Å². The molecule has 0 heterocycles. The summed E-state index contributed by atoms with van der Waals surface area (Å²) in [4.78, 5) is 11.5. The Morgan fingerprint density at radius 3 is 2.19 bits per heavy atom. The second kappa shape index (κ2) is 6.24. The Labute approximate surface area is 100 Å². The summed E-state index contributed by atoms with van der Waals surface area (Å²) in [6, 6.07) is 0. The summed E-state index contributed by atoms with van der Waals surface area (Å²) in [5.74, 6) is 0.144. The van der Waals surface area contributed by atoms with Crippen LogP contribution in [0.3, 0.4) is 0 Å². The fourth-order valence-corrected chi connectivity index (χ4v) is 1.28. The molecule has 0 saturated heterocycles. The molecule has 0 unspecified atom stereocenters. The van der Waals surface area contributed by atoms with Gasteiger partial charge in [0.15, 0.2) is 0 Å². The molecule has 16 heavy (non-hydrogen) atoms. The van der Waals surface area contributed by atoms with Crippen molar-refractivity contribution in [2.75, 3.05) is 13.1 Å². The molecule has 0 radical (unpaired) electrons. The van der Waals surface area contributed by atoms with Gasteiger partial charge in [-0.15, -0.1) is 0 Å². The van der Waals surface area contributed by atoms with Crippen molar-refractivity contribution in [1.82, 2.24) is 5.32 Å². The lowest BCUT2D eigenvalue weighted by atomic mass is 9.89. The first kappa shape index (κ1) is 15.4. The molecule has 0 rings (SSSR count). The molecule has 0 aromatic heterocycles. The molecule has 3 nitrogen and oxygen atoms in total. The number of nitrogens with one attached hydrogen (secondary N) is 1. The molecular formula is C13H28N2O. The van der Waals surface area contributed by atoms with E-state index in [4.69, 9.17) is 5.73 Å². The predicted octanol–water partition coefficient (Wildman–Crippen LogP) is 2.30. The Hall–Kier alpha value is -0.570. The van der Waals surface area contributed by atoms with Gasteiger partial charge in [-0.1, -0.05) is 34.6 Å². The van der Waals surface area contributed by atoms with E-state index in [1.807, 2.05) is 0 Å². The minimum atomic E-state index is -0.000310. The first-order valence-corrected chi connectivity index (χ1v) is 6.13. The molecule has 0 bridgehead atoms. The SMILES string of the molecule is CC(C)(C)CCCC(=O)NCC(C)(C)CN. The number of carbonyl (C=O) groups is 1. The van der Waals surface area contributed by atoms with Crippen LogP contribution in [-0.4, -0.2) is 19.0 Å². The van der Waals surface area contributed by atoms with Gasteiger partial charge in [0.1, 0.15) is 0 Å². The lowest BCUT2D eigenvalue weighted by Gasteiger charge is -2.23. The molecule has 0 aliphatic heterocycles. The number of hydrogen-bond acceptors (Lipinski definition) is 2. The number of amides is 1. The van der Waals surface area contributed by atoms with Gasteiger partial charge < -0.3 is 11.1 Å². The molecule has 96 valence electrons.